The SMILES string of the molecule is CCCC(=O)NCc1ccc(OCc2ccccc2)c(OC)c1. The minimum absolute atomic E-state index is 0.0656. The molecule has 1 amide bonds. The lowest BCUT2D eigenvalue weighted by Gasteiger charge is -2.13. The Kier molecular flexibility index (Phi) is 6.48. The predicted molar refractivity (Wildman–Crippen MR) is 90.5 cm³/mol. The van der Waals surface area contributed by atoms with Gasteiger partial charge < -0.3 is 14.8 Å². The van der Waals surface area contributed by atoms with Crippen molar-refractivity contribution >= 4 is 5.91 Å². The summed E-state index contributed by atoms with van der Waals surface area (Å²) in [6, 6.07) is 15.7. The molecule has 2 aromatic carbocycles. The third-order valence-corrected chi connectivity index (χ3v) is 3.43. The number of amides is 1. The summed E-state index contributed by atoms with van der Waals surface area (Å²) in [5.74, 6) is 1.43. The zero-order valence-electron chi connectivity index (χ0n) is 13.7. The van der Waals surface area contributed by atoms with Crippen molar-refractivity contribution in [2.75, 3.05) is 7.11 Å². The smallest absolute Gasteiger partial charge is 0.220 e. The van der Waals surface area contributed by atoms with E-state index >= 15 is 0 Å². The Balaban J connectivity index is 1.97. The van der Waals surface area contributed by atoms with Crippen molar-refractivity contribution in [3.8, 4) is 11.5 Å². The largest absolute Gasteiger partial charge is 0.493 e. The highest BCUT2D eigenvalue weighted by atomic mass is 16.5. The van der Waals surface area contributed by atoms with Crippen LogP contribution in [0.1, 0.15) is 30.9 Å². The number of carbonyl (C=O) groups is 1. The van der Waals surface area contributed by atoms with Crippen molar-refractivity contribution in [3.05, 3.63) is 59.7 Å². The third-order valence-electron chi connectivity index (χ3n) is 3.43. The van der Waals surface area contributed by atoms with Gasteiger partial charge in [0.2, 0.25) is 5.91 Å². The van der Waals surface area contributed by atoms with Crippen LogP contribution in [0.15, 0.2) is 48.5 Å². The Labute approximate surface area is 137 Å². The number of rotatable bonds is 8. The average molecular weight is 313 g/mol. The van der Waals surface area contributed by atoms with Gasteiger partial charge in [-0.05, 0) is 29.7 Å². The Morgan fingerprint density at radius 3 is 2.52 bits per heavy atom. The molecule has 1 N–H and O–H groups in total. The molecule has 0 unspecified atom stereocenters. The summed E-state index contributed by atoms with van der Waals surface area (Å²) < 4.78 is 11.2. The normalized spacial score (nSPS) is 10.2. The standard InChI is InChI=1S/C19H23NO3/c1-3-7-19(21)20-13-16-10-11-17(18(12-16)22-2)23-14-15-8-5-4-6-9-15/h4-6,8-12H,3,7,13-14H2,1-2H3,(H,20,21). The number of hydrogen-bond donors (Lipinski definition) is 1. The van der Waals surface area contributed by atoms with Crippen molar-refractivity contribution < 1.29 is 14.3 Å². The van der Waals surface area contributed by atoms with Crippen LogP contribution in [0.3, 0.4) is 0 Å². The summed E-state index contributed by atoms with van der Waals surface area (Å²) in [5.41, 5.74) is 2.09. The molecule has 0 radical (unpaired) electrons. The van der Waals surface area contributed by atoms with E-state index in [1.54, 1.807) is 7.11 Å². The first-order valence-corrected chi connectivity index (χ1v) is 7.83. The van der Waals surface area contributed by atoms with E-state index < -0.39 is 0 Å². The molecule has 4 nitrogen and oxygen atoms in total. The molecule has 0 saturated carbocycles. The number of nitrogens with one attached hydrogen (secondary N) is 1. The molecule has 0 fully saturated rings. The number of carbonyl (C=O) groups excluding carboxylic acids is 1. The van der Waals surface area contributed by atoms with Gasteiger partial charge in [0.25, 0.3) is 0 Å². The average Bonchev–Trinajstić information content (AvgIpc) is 2.59. The van der Waals surface area contributed by atoms with E-state index in [9.17, 15) is 4.79 Å². The molecule has 0 aliphatic carbocycles. The third kappa shape index (κ3) is 5.33. The van der Waals surface area contributed by atoms with Crippen molar-refractivity contribution in [1.29, 1.82) is 0 Å². The molecule has 0 aromatic heterocycles. The van der Waals surface area contributed by atoms with Crippen LogP contribution in [-0.2, 0) is 17.9 Å². The molecule has 2 aromatic rings. The van der Waals surface area contributed by atoms with Gasteiger partial charge in [-0.15, -0.1) is 0 Å². The van der Waals surface area contributed by atoms with Gasteiger partial charge >= 0.3 is 0 Å². The zero-order valence-corrected chi connectivity index (χ0v) is 13.7. The van der Waals surface area contributed by atoms with Crippen molar-refractivity contribution in [2.24, 2.45) is 0 Å². The Morgan fingerprint density at radius 1 is 1.04 bits per heavy atom. The van der Waals surface area contributed by atoms with Gasteiger partial charge in [0.05, 0.1) is 7.11 Å². The molecule has 0 bridgehead atoms. The van der Waals surface area contributed by atoms with Gasteiger partial charge in [0.1, 0.15) is 6.61 Å². The second-order valence-corrected chi connectivity index (χ2v) is 5.29. The van der Waals surface area contributed by atoms with E-state index in [4.69, 9.17) is 9.47 Å². The van der Waals surface area contributed by atoms with Crippen LogP contribution < -0.4 is 14.8 Å². The van der Waals surface area contributed by atoms with Crippen LogP contribution in [0, 0.1) is 0 Å². The van der Waals surface area contributed by atoms with Gasteiger partial charge in [-0.3, -0.25) is 4.79 Å². The Bertz CT molecular complexity index is 626. The fourth-order valence-electron chi connectivity index (χ4n) is 2.19. The molecule has 0 saturated heterocycles. The van der Waals surface area contributed by atoms with E-state index in [0.717, 1.165) is 17.5 Å². The predicted octanol–water partition coefficient (Wildman–Crippen LogP) is 3.69. The molecule has 0 aliphatic rings. The summed E-state index contributed by atoms with van der Waals surface area (Å²) in [6.07, 6.45) is 1.40. The summed E-state index contributed by atoms with van der Waals surface area (Å²) in [4.78, 5) is 11.5. The topological polar surface area (TPSA) is 47.6 Å². The number of methoxy groups -OCH3 is 1. The van der Waals surface area contributed by atoms with Crippen molar-refractivity contribution in [2.45, 2.75) is 32.9 Å². The summed E-state index contributed by atoms with van der Waals surface area (Å²) in [6.45, 7) is 2.97. The summed E-state index contributed by atoms with van der Waals surface area (Å²) in [7, 11) is 1.62. The minimum atomic E-state index is 0.0656. The fourth-order valence-corrected chi connectivity index (χ4v) is 2.19. The maximum Gasteiger partial charge on any atom is 0.220 e. The van der Waals surface area contributed by atoms with Crippen LogP contribution in [0.5, 0.6) is 11.5 Å². The van der Waals surface area contributed by atoms with Crippen LogP contribution in [0.4, 0.5) is 0 Å². The molecule has 23 heavy (non-hydrogen) atoms. The highest BCUT2D eigenvalue weighted by molar-refractivity contribution is 5.75. The van der Waals surface area contributed by atoms with E-state index in [2.05, 4.69) is 5.32 Å². The molecular formula is C19H23NO3. The molecule has 0 atom stereocenters. The van der Waals surface area contributed by atoms with E-state index in [0.29, 0.717) is 31.1 Å². The maximum atomic E-state index is 11.5. The molecule has 122 valence electrons. The first kappa shape index (κ1) is 16.9. The Hall–Kier alpha value is -2.49. The molecule has 0 spiro atoms. The van der Waals surface area contributed by atoms with Gasteiger partial charge in [0, 0.05) is 13.0 Å². The monoisotopic (exact) mass is 313 g/mol. The fraction of sp³-hybridized carbons (Fsp3) is 0.316. The van der Waals surface area contributed by atoms with E-state index in [1.807, 2.05) is 55.5 Å². The molecule has 2 rings (SSSR count). The second-order valence-electron chi connectivity index (χ2n) is 5.29. The number of benzene rings is 2. The number of hydrogen-bond acceptors (Lipinski definition) is 3. The molecule has 4 heteroatoms. The van der Waals surface area contributed by atoms with Gasteiger partial charge in [-0.2, -0.15) is 0 Å². The highest BCUT2D eigenvalue weighted by Gasteiger charge is 2.07. The van der Waals surface area contributed by atoms with Crippen LogP contribution in [-0.4, -0.2) is 13.0 Å². The lowest BCUT2D eigenvalue weighted by Crippen LogP contribution is -2.22. The lowest BCUT2D eigenvalue weighted by atomic mass is 10.2. The van der Waals surface area contributed by atoms with Gasteiger partial charge in [-0.1, -0.05) is 43.3 Å². The lowest BCUT2D eigenvalue weighted by molar-refractivity contribution is -0.121. The van der Waals surface area contributed by atoms with E-state index in [1.165, 1.54) is 0 Å². The van der Waals surface area contributed by atoms with Gasteiger partial charge in [-0.25, -0.2) is 0 Å². The minimum Gasteiger partial charge on any atom is -0.493 e. The first-order valence-electron chi connectivity index (χ1n) is 7.83. The van der Waals surface area contributed by atoms with Crippen LogP contribution in [0.2, 0.25) is 0 Å². The maximum absolute atomic E-state index is 11.5. The molecular weight excluding hydrogens is 290 g/mol. The van der Waals surface area contributed by atoms with Crippen LogP contribution in [0.25, 0.3) is 0 Å². The summed E-state index contributed by atoms with van der Waals surface area (Å²) in [5, 5.41) is 2.89. The highest BCUT2D eigenvalue weighted by Crippen LogP contribution is 2.28. The second kappa shape index (κ2) is 8.83. The molecule has 0 heterocycles. The summed E-state index contributed by atoms with van der Waals surface area (Å²) >= 11 is 0. The van der Waals surface area contributed by atoms with Crippen molar-refractivity contribution in [3.63, 3.8) is 0 Å². The zero-order chi connectivity index (χ0) is 16.5. The van der Waals surface area contributed by atoms with Crippen LogP contribution >= 0.6 is 0 Å². The Morgan fingerprint density at radius 2 is 1.83 bits per heavy atom. The first-order chi connectivity index (χ1) is 11.2. The van der Waals surface area contributed by atoms with Gasteiger partial charge in [0.15, 0.2) is 11.5 Å². The quantitative estimate of drug-likeness (QED) is 0.808. The number of ether oxygens (including phenoxy) is 2. The molecule has 0 aliphatic heterocycles. The van der Waals surface area contributed by atoms with Crippen molar-refractivity contribution in [1.82, 2.24) is 5.32 Å². The van der Waals surface area contributed by atoms with E-state index in [-0.39, 0.29) is 5.91 Å².